The summed E-state index contributed by atoms with van der Waals surface area (Å²) in [5, 5.41) is 0. The molecule has 0 atom stereocenters. The first-order valence-corrected chi connectivity index (χ1v) is 2.92. The lowest BCUT2D eigenvalue weighted by Gasteiger charge is -2.22. The van der Waals surface area contributed by atoms with E-state index in [0.717, 1.165) is 0 Å². The van der Waals surface area contributed by atoms with Crippen LogP contribution in [-0.4, -0.2) is 26.3 Å². The third kappa shape index (κ3) is 1.93. The molecule has 0 aliphatic carbocycles. The van der Waals surface area contributed by atoms with Crippen molar-refractivity contribution < 1.29 is 14.3 Å². The van der Waals surface area contributed by atoms with Crippen molar-refractivity contribution in [1.29, 1.82) is 0 Å². The highest BCUT2D eigenvalue weighted by molar-refractivity contribution is 5.60. The predicted octanol–water partition coefficient (Wildman–Crippen LogP) is 0.750. The molecule has 0 aromatic heterocycles. The molecule has 0 aromatic carbocycles. The molecule has 0 aliphatic heterocycles. The van der Waals surface area contributed by atoms with E-state index in [-0.39, 0.29) is 0 Å². The Bertz CT molecular complexity index is 116. The van der Waals surface area contributed by atoms with E-state index in [9.17, 15) is 4.79 Å². The zero-order valence-electron chi connectivity index (χ0n) is 6.29. The van der Waals surface area contributed by atoms with Gasteiger partial charge in [0.1, 0.15) is 0 Å². The number of aldehydes is 1. The summed E-state index contributed by atoms with van der Waals surface area (Å²) in [7, 11) is 2.84. The first-order valence-electron chi connectivity index (χ1n) is 2.92. The lowest BCUT2D eigenvalue weighted by molar-refractivity contribution is -0.193. The van der Waals surface area contributed by atoms with E-state index < -0.39 is 5.79 Å². The predicted molar refractivity (Wildman–Crippen MR) is 37.6 cm³/mol. The van der Waals surface area contributed by atoms with Gasteiger partial charge < -0.3 is 9.47 Å². The first kappa shape index (κ1) is 9.33. The topological polar surface area (TPSA) is 35.5 Å². The van der Waals surface area contributed by atoms with Gasteiger partial charge in [0.15, 0.2) is 6.29 Å². The van der Waals surface area contributed by atoms with Crippen molar-refractivity contribution in [2.45, 2.75) is 12.2 Å². The maximum atomic E-state index is 10.4. The van der Waals surface area contributed by atoms with E-state index in [1.165, 1.54) is 14.2 Å². The average molecular weight is 144 g/mol. The Morgan fingerprint density at radius 1 is 1.50 bits per heavy atom. The fourth-order valence-electron chi connectivity index (χ4n) is 0.596. The summed E-state index contributed by atoms with van der Waals surface area (Å²) < 4.78 is 9.63. The molecule has 58 valence electrons. The van der Waals surface area contributed by atoms with Crippen molar-refractivity contribution in [2.75, 3.05) is 14.2 Å². The summed E-state index contributed by atoms with van der Waals surface area (Å²) in [6.07, 6.45) is 2.56. The van der Waals surface area contributed by atoms with Gasteiger partial charge in [-0.3, -0.25) is 4.79 Å². The van der Waals surface area contributed by atoms with Crippen LogP contribution < -0.4 is 0 Å². The van der Waals surface area contributed by atoms with Crippen molar-refractivity contribution in [1.82, 2.24) is 0 Å². The minimum absolute atomic E-state index is 0.365. The molecule has 0 bridgehead atoms. The molecule has 0 saturated carbocycles. The summed E-state index contributed by atoms with van der Waals surface area (Å²) >= 11 is 0. The molecule has 0 saturated heterocycles. The number of hydrogen-bond acceptors (Lipinski definition) is 3. The molecule has 0 N–H and O–H groups in total. The van der Waals surface area contributed by atoms with Crippen molar-refractivity contribution in [2.24, 2.45) is 0 Å². The third-order valence-electron chi connectivity index (χ3n) is 1.30. The molecule has 0 radical (unpaired) electrons. The standard InChI is InChI=1S/C7H12O3/c1-4-5-7(6-8,9-2)10-3/h4,6H,1,5H2,2-3H3. The van der Waals surface area contributed by atoms with Gasteiger partial charge >= 0.3 is 0 Å². The van der Waals surface area contributed by atoms with E-state index in [4.69, 9.17) is 9.47 Å². The van der Waals surface area contributed by atoms with Gasteiger partial charge in [0.25, 0.3) is 0 Å². The molecule has 0 amide bonds. The van der Waals surface area contributed by atoms with Crippen LogP contribution in [0.25, 0.3) is 0 Å². The van der Waals surface area contributed by atoms with Gasteiger partial charge in [-0.2, -0.15) is 0 Å². The molecular weight excluding hydrogens is 132 g/mol. The van der Waals surface area contributed by atoms with Crippen LogP contribution in [0.5, 0.6) is 0 Å². The van der Waals surface area contributed by atoms with Crippen LogP contribution in [0.4, 0.5) is 0 Å². The van der Waals surface area contributed by atoms with E-state index in [0.29, 0.717) is 12.7 Å². The number of ether oxygens (including phenoxy) is 2. The Hall–Kier alpha value is -0.670. The molecule has 0 unspecified atom stereocenters. The van der Waals surface area contributed by atoms with E-state index in [1.807, 2.05) is 0 Å². The fraction of sp³-hybridized carbons (Fsp3) is 0.571. The molecule has 0 heterocycles. The number of carbonyl (C=O) groups excluding carboxylic acids is 1. The normalized spacial score (nSPS) is 11.0. The first-order chi connectivity index (χ1) is 4.74. The molecule has 0 aliphatic rings. The monoisotopic (exact) mass is 144 g/mol. The van der Waals surface area contributed by atoms with E-state index in [2.05, 4.69) is 6.58 Å². The van der Waals surface area contributed by atoms with Crippen molar-refractivity contribution in [3.05, 3.63) is 12.7 Å². The average Bonchev–Trinajstić information content (AvgIpc) is 2.01. The van der Waals surface area contributed by atoms with Crippen LogP contribution in [-0.2, 0) is 14.3 Å². The SMILES string of the molecule is C=CCC(C=O)(OC)OC. The fourth-order valence-corrected chi connectivity index (χ4v) is 0.596. The van der Waals surface area contributed by atoms with Gasteiger partial charge in [0.2, 0.25) is 5.79 Å². The molecule has 3 nitrogen and oxygen atoms in total. The number of carbonyl (C=O) groups is 1. The van der Waals surface area contributed by atoms with Gasteiger partial charge in [-0.05, 0) is 0 Å². The summed E-state index contributed by atoms with van der Waals surface area (Å²) in [6, 6.07) is 0. The molecule has 0 aromatic rings. The Kier molecular flexibility index (Phi) is 3.91. The molecule has 0 fully saturated rings. The smallest absolute Gasteiger partial charge is 0.228 e. The Morgan fingerprint density at radius 3 is 2.10 bits per heavy atom. The maximum Gasteiger partial charge on any atom is 0.228 e. The van der Waals surface area contributed by atoms with Crippen LogP contribution in [0.1, 0.15) is 6.42 Å². The summed E-state index contributed by atoms with van der Waals surface area (Å²) in [5.74, 6) is -1.12. The number of methoxy groups -OCH3 is 2. The van der Waals surface area contributed by atoms with Gasteiger partial charge in [-0.1, -0.05) is 6.08 Å². The quantitative estimate of drug-likeness (QED) is 0.324. The second-order valence-electron chi connectivity index (χ2n) is 1.83. The second kappa shape index (κ2) is 4.19. The second-order valence-corrected chi connectivity index (χ2v) is 1.83. The molecule has 3 heteroatoms. The Morgan fingerprint density at radius 2 is 2.00 bits per heavy atom. The summed E-state index contributed by atoms with van der Waals surface area (Å²) in [4.78, 5) is 10.4. The number of hydrogen-bond donors (Lipinski definition) is 0. The van der Waals surface area contributed by atoms with Gasteiger partial charge in [0.05, 0.1) is 0 Å². The number of rotatable bonds is 5. The minimum atomic E-state index is -1.12. The van der Waals surface area contributed by atoms with Crippen molar-refractivity contribution in [3.63, 3.8) is 0 Å². The highest BCUT2D eigenvalue weighted by atomic mass is 16.7. The van der Waals surface area contributed by atoms with Crippen LogP contribution in [0.3, 0.4) is 0 Å². The Balaban J connectivity index is 4.13. The van der Waals surface area contributed by atoms with Gasteiger partial charge in [-0.25, -0.2) is 0 Å². The highest BCUT2D eigenvalue weighted by Crippen LogP contribution is 2.12. The lowest BCUT2D eigenvalue weighted by Crippen LogP contribution is -2.34. The molecular formula is C7H12O3. The largest absolute Gasteiger partial charge is 0.347 e. The van der Waals surface area contributed by atoms with Crippen LogP contribution in [0.2, 0.25) is 0 Å². The zero-order chi connectivity index (χ0) is 8.04. The summed E-state index contributed by atoms with van der Waals surface area (Å²) in [5.41, 5.74) is 0. The van der Waals surface area contributed by atoms with Gasteiger partial charge in [-0.15, -0.1) is 6.58 Å². The van der Waals surface area contributed by atoms with Crippen molar-refractivity contribution >= 4 is 6.29 Å². The maximum absolute atomic E-state index is 10.4. The van der Waals surface area contributed by atoms with Gasteiger partial charge in [0, 0.05) is 20.6 Å². The minimum Gasteiger partial charge on any atom is -0.347 e. The molecule has 0 rings (SSSR count). The zero-order valence-corrected chi connectivity index (χ0v) is 6.29. The van der Waals surface area contributed by atoms with Crippen LogP contribution in [0, 0.1) is 0 Å². The van der Waals surface area contributed by atoms with Crippen LogP contribution >= 0.6 is 0 Å². The van der Waals surface area contributed by atoms with E-state index in [1.54, 1.807) is 6.08 Å². The lowest BCUT2D eigenvalue weighted by atomic mass is 10.2. The third-order valence-corrected chi connectivity index (χ3v) is 1.30. The summed E-state index contributed by atoms with van der Waals surface area (Å²) in [6.45, 7) is 3.47. The van der Waals surface area contributed by atoms with E-state index >= 15 is 0 Å². The molecule has 10 heavy (non-hydrogen) atoms. The van der Waals surface area contributed by atoms with Crippen LogP contribution in [0.15, 0.2) is 12.7 Å². The van der Waals surface area contributed by atoms with Crippen molar-refractivity contribution in [3.8, 4) is 0 Å². The molecule has 0 spiro atoms. The Labute approximate surface area is 60.6 Å². The highest BCUT2D eigenvalue weighted by Gasteiger charge is 2.26.